The van der Waals surface area contributed by atoms with E-state index < -0.39 is 0 Å². The van der Waals surface area contributed by atoms with Crippen molar-refractivity contribution in [2.75, 3.05) is 54.0 Å². The van der Waals surface area contributed by atoms with Crippen molar-refractivity contribution in [3.8, 4) is 0 Å². The molecule has 2 N–H and O–H groups in total. The predicted octanol–water partition coefficient (Wildman–Crippen LogP) is 2.29. The molecule has 0 spiro atoms. The van der Waals surface area contributed by atoms with Crippen LogP contribution in [0.15, 0.2) is 29.3 Å². The first-order valence-corrected chi connectivity index (χ1v) is 11.6. The van der Waals surface area contributed by atoms with Gasteiger partial charge in [-0.15, -0.1) is 24.0 Å². The number of nitrogens with zero attached hydrogens (tertiary/aromatic N) is 3. The lowest BCUT2D eigenvalue weighted by Crippen LogP contribution is -2.52. The number of guanidine groups is 1. The van der Waals surface area contributed by atoms with Crippen LogP contribution in [0.25, 0.3) is 0 Å². The van der Waals surface area contributed by atoms with Gasteiger partial charge >= 0.3 is 0 Å². The zero-order valence-corrected chi connectivity index (χ0v) is 22.1. The minimum absolute atomic E-state index is 0. The third-order valence-electron chi connectivity index (χ3n) is 6.31. The smallest absolute Gasteiger partial charge is 0.243 e. The summed E-state index contributed by atoms with van der Waals surface area (Å²) in [5.74, 6) is 0.792. The van der Waals surface area contributed by atoms with Crippen molar-refractivity contribution in [2.24, 2.45) is 4.99 Å². The summed E-state index contributed by atoms with van der Waals surface area (Å²) in [6.07, 6.45) is 6.41. The largest absolute Gasteiger partial charge is 0.385 e. The van der Waals surface area contributed by atoms with Crippen molar-refractivity contribution >= 4 is 35.8 Å². The number of likely N-dealkylation sites (tertiary alicyclic amines) is 1. The molecular formula is C24H40IN5O2. The van der Waals surface area contributed by atoms with E-state index in [0.29, 0.717) is 12.1 Å². The molecule has 32 heavy (non-hydrogen) atoms. The normalized spacial score (nSPS) is 19.6. The van der Waals surface area contributed by atoms with Crippen molar-refractivity contribution in [3.05, 3.63) is 35.4 Å². The van der Waals surface area contributed by atoms with E-state index in [1.54, 1.807) is 26.1 Å². The van der Waals surface area contributed by atoms with E-state index in [4.69, 9.17) is 4.74 Å². The van der Waals surface area contributed by atoms with Gasteiger partial charge in [-0.3, -0.25) is 4.79 Å². The Bertz CT molecular complexity index is 735. The van der Waals surface area contributed by atoms with E-state index in [-0.39, 0.29) is 36.4 Å². The molecule has 3 rings (SSSR count). The van der Waals surface area contributed by atoms with E-state index in [2.05, 4.69) is 44.8 Å². The molecule has 1 unspecified atom stereocenters. The number of nitrogens with one attached hydrogen (secondary N) is 2. The second-order valence-electron chi connectivity index (χ2n) is 8.91. The Hall–Kier alpha value is -1.39. The molecule has 1 saturated heterocycles. The van der Waals surface area contributed by atoms with Gasteiger partial charge in [-0.1, -0.05) is 24.3 Å². The van der Waals surface area contributed by atoms with Gasteiger partial charge in [0.05, 0.1) is 0 Å². The number of amides is 1. The highest BCUT2D eigenvalue weighted by atomic mass is 127. The van der Waals surface area contributed by atoms with Gasteiger partial charge in [0.15, 0.2) is 5.96 Å². The number of halogens is 1. The van der Waals surface area contributed by atoms with Crippen LogP contribution < -0.4 is 10.6 Å². The van der Waals surface area contributed by atoms with Crippen LogP contribution in [-0.4, -0.2) is 87.7 Å². The van der Waals surface area contributed by atoms with Gasteiger partial charge in [-0.2, -0.15) is 0 Å². The highest BCUT2D eigenvalue weighted by Crippen LogP contribution is 2.21. The number of fused-ring (bicyclic) bond motifs is 1. The summed E-state index contributed by atoms with van der Waals surface area (Å²) in [6.45, 7) is 4.26. The summed E-state index contributed by atoms with van der Waals surface area (Å²) < 4.78 is 5.17. The van der Waals surface area contributed by atoms with Gasteiger partial charge in [0.25, 0.3) is 0 Å². The Labute approximate surface area is 210 Å². The second-order valence-corrected chi connectivity index (χ2v) is 8.91. The minimum Gasteiger partial charge on any atom is -0.385 e. The van der Waals surface area contributed by atoms with Crippen LogP contribution in [0.3, 0.4) is 0 Å². The van der Waals surface area contributed by atoms with E-state index in [9.17, 15) is 4.79 Å². The van der Waals surface area contributed by atoms with Gasteiger partial charge in [-0.25, -0.2) is 4.99 Å². The lowest BCUT2D eigenvalue weighted by atomic mass is 9.88. The zero-order chi connectivity index (χ0) is 22.1. The third kappa shape index (κ3) is 8.51. The molecule has 7 nitrogen and oxygen atoms in total. The number of carbonyl (C=O) groups excluding carboxylic acids is 1. The summed E-state index contributed by atoms with van der Waals surface area (Å²) in [6, 6.07) is 9.41. The van der Waals surface area contributed by atoms with Gasteiger partial charge in [0.1, 0.15) is 6.54 Å². The first-order valence-electron chi connectivity index (χ1n) is 11.6. The number of ether oxygens (including phenoxy) is 1. The number of aryl methyl sites for hydroxylation is 1. The molecule has 1 aliphatic heterocycles. The van der Waals surface area contributed by atoms with E-state index in [1.807, 2.05) is 0 Å². The quantitative estimate of drug-likeness (QED) is 0.222. The molecule has 1 heterocycles. The van der Waals surface area contributed by atoms with Crippen LogP contribution in [0.4, 0.5) is 0 Å². The standard InChI is InChI=1S/C24H39N5O2.HI/c1-28(2)23(30)18-25-24(26-21-11-14-29(15-12-21)13-6-16-31-3)27-22-10-9-19-7-4-5-8-20(19)17-22;/h4-5,7-8,21-22H,6,9-18H2,1-3H3,(H2,25,26,27);1H. The monoisotopic (exact) mass is 557 g/mol. The summed E-state index contributed by atoms with van der Waals surface area (Å²) in [7, 11) is 5.31. The number of methoxy groups -OCH3 is 1. The lowest BCUT2D eigenvalue weighted by molar-refractivity contribution is -0.127. The first kappa shape index (κ1) is 26.9. The fourth-order valence-electron chi connectivity index (χ4n) is 4.36. The van der Waals surface area contributed by atoms with Crippen molar-refractivity contribution in [1.82, 2.24) is 20.4 Å². The number of piperidine rings is 1. The SMILES string of the molecule is COCCCN1CCC(NC(=NCC(=O)N(C)C)NC2CCc3ccccc3C2)CC1.I. The van der Waals surface area contributed by atoms with Gasteiger partial charge in [-0.05, 0) is 49.7 Å². The van der Waals surface area contributed by atoms with Crippen LogP contribution >= 0.6 is 24.0 Å². The molecule has 1 fully saturated rings. The molecule has 1 atom stereocenters. The van der Waals surface area contributed by atoms with Crippen LogP contribution in [0, 0.1) is 0 Å². The molecule has 1 amide bonds. The lowest BCUT2D eigenvalue weighted by Gasteiger charge is -2.34. The maximum absolute atomic E-state index is 12.1. The fraction of sp³-hybridized carbons (Fsp3) is 0.667. The number of likely N-dealkylation sites (N-methyl/N-ethyl adjacent to an activating group) is 1. The number of carbonyl (C=O) groups is 1. The summed E-state index contributed by atoms with van der Waals surface area (Å²) in [5, 5.41) is 7.26. The number of benzene rings is 1. The summed E-state index contributed by atoms with van der Waals surface area (Å²) >= 11 is 0. The van der Waals surface area contributed by atoms with Crippen molar-refractivity contribution in [1.29, 1.82) is 0 Å². The molecule has 0 aromatic heterocycles. The number of hydrogen-bond acceptors (Lipinski definition) is 4. The molecule has 0 bridgehead atoms. The van der Waals surface area contributed by atoms with Crippen LogP contribution in [0.5, 0.6) is 0 Å². The zero-order valence-electron chi connectivity index (χ0n) is 19.8. The maximum atomic E-state index is 12.1. The average molecular weight is 558 g/mol. The molecule has 1 aliphatic carbocycles. The maximum Gasteiger partial charge on any atom is 0.243 e. The summed E-state index contributed by atoms with van der Waals surface area (Å²) in [5.41, 5.74) is 2.87. The molecule has 1 aromatic carbocycles. The molecule has 2 aliphatic rings. The van der Waals surface area contributed by atoms with Crippen LogP contribution in [0.1, 0.15) is 36.8 Å². The molecule has 0 radical (unpaired) electrons. The Kier molecular flexibility index (Phi) is 11.7. The van der Waals surface area contributed by atoms with Crippen LogP contribution in [-0.2, 0) is 22.4 Å². The predicted molar refractivity (Wildman–Crippen MR) is 141 cm³/mol. The van der Waals surface area contributed by atoms with Gasteiger partial charge < -0.3 is 25.2 Å². The number of aliphatic imine (C=N–C) groups is 1. The molecule has 1 aromatic rings. The van der Waals surface area contributed by atoms with E-state index >= 15 is 0 Å². The van der Waals surface area contributed by atoms with Crippen LogP contribution in [0.2, 0.25) is 0 Å². The number of rotatable bonds is 8. The second kappa shape index (κ2) is 14.0. The molecule has 180 valence electrons. The Morgan fingerprint density at radius 3 is 2.50 bits per heavy atom. The van der Waals surface area contributed by atoms with Crippen molar-refractivity contribution in [3.63, 3.8) is 0 Å². The summed E-state index contributed by atoms with van der Waals surface area (Å²) in [4.78, 5) is 20.9. The van der Waals surface area contributed by atoms with Gasteiger partial charge in [0, 0.05) is 59.5 Å². The highest BCUT2D eigenvalue weighted by molar-refractivity contribution is 14.0. The minimum atomic E-state index is 0. The average Bonchev–Trinajstić information content (AvgIpc) is 2.78. The molecular weight excluding hydrogens is 517 g/mol. The first-order chi connectivity index (χ1) is 15.0. The Morgan fingerprint density at radius 2 is 1.81 bits per heavy atom. The Morgan fingerprint density at radius 1 is 1.12 bits per heavy atom. The molecule has 0 saturated carbocycles. The number of hydrogen-bond donors (Lipinski definition) is 2. The third-order valence-corrected chi connectivity index (χ3v) is 6.31. The van der Waals surface area contributed by atoms with E-state index in [0.717, 1.165) is 70.7 Å². The highest BCUT2D eigenvalue weighted by Gasteiger charge is 2.23. The molecule has 8 heteroatoms. The Balaban J connectivity index is 0.00000363. The van der Waals surface area contributed by atoms with E-state index in [1.165, 1.54) is 11.1 Å². The van der Waals surface area contributed by atoms with Gasteiger partial charge in [0.2, 0.25) is 5.91 Å². The van der Waals surface area contributed by atoms with Crippen molar-refractivity contribution < 1.29 is 9.53 Å². The van der Waals surface area contributed by atoms with Crippen molar-refractivity contribution in [2.45, 2.75) is 50.6 Å². The topological polar surface area (TPSA) is 69.2 Å². The fourth-order valence-corrected chi connectivity index (χ4v) is 4.36.